The molecule has 136 valence electrons. The second-order valence-electron chi connectivity index (χ2n) is 8.08. The molecule has 25 heavy (non-hydrogen) atoms. The van der Waals surface area contributed by atoms with Gasteiger partial charge in [-0.3, -0.25) is 0 Å². The van der Waals surface area contributed by atoms with Gasteiger partial charge in [0.05, 0.1) is 25.9 Å². The Balaban J connectivity index is 1.76. The van der Waals surface area contributed by atoms with Gasteiger partial charge in [0.2, 0.25) is 0 Å². The zero-order valence-electron chi connectivity index (χ0n) is 15.6. The smallest absolute Gasteiger partial charge is 0.118 e. The summed E-state index contributed by atoms with van der Waals surface area (Å²) in [6.07, 6.45) is 6.95. The molecule has 4 atom stereocenters. The highest BCUT2D eigenvalue weighted by Crippen LogP contribution is 2.50. The Bertz CT molecular complexity index is 629. The summed E-state index contributed by atoms with van der Waals surface area (Å²) in [5, 5.41) is 10.8. The number of fused-ring (bicyclic) bond motifs is 1. The molecule has 1 saturated carbocycles. The van der Waals surface area contributed by atoms with Crippen molar-refractivity contribution >= 4 is 0 Å². The number of benzene rings is 1. The first-order valence-corrected chi connectivity index (χ1v) is 9.19. The lowest BCUT2D eigenvalue weighted by Gasteiger charge is -2.31. The van der Waals surface area contributed by atoms with Crippen molar-refractivity contribution in [1.29, 1.82) is 0 Å². The molecule has 2 aliphatic carbocycles. The molecule has 2 aliphatic rings. The summed E-state index contributed by atoms with van der Waals surface area (Å²) in [5.74, 6) is 1.28. The summed E-state index contributed by atoms with van der Waals surface area (Å²) in [4.78, 5) is 0. The Morgan fingerprint density at radius 3 is 2.64 bits per heavy atom. The largest absolute Gasteiger partial charge is 0.497 e. The van der Waals surface area contributed by atoms with E-state index in [0.717, 1.165) is 36.1 Å². The van der Waals surface area contributed by atoms with Gasteiger partial charge >= 0.3 is 0 Å². The van der Waals surface area contributed by atoms with E-state index in [0.29, 0.717) is 6.61 Å². The van der Waals surface area contributed by atoms with Crippen molar-refractivity contribution in [3.05, 3.63) is 54.1 Å². The van der Waals surface area contributed by atoms with E-state index < -0.39 is 0 Å². The van der Waals surface area contributed by atoms with Gasteiger partial charge in [-0.25, -0.2) is 0 Å². The summed E-state index contributed by atoms with van der Waals surface area (Å²) >= 11 is 0. The number of ether oxygens (including phenoxy) is 2. The van der Waals surface area contributed by atoms with Gasteiger partial charge in [0.15, 0.2) is 0 Å². The molecule has 0 aliphatic heterocycles. The van der Waals surface area contributed by atoms with E-state index in [1.807, 2.05) is 24.3 Å². The molecule has 0 saturated heterocycles. The minimum absolute atomic E-state index is 0.00604. The normalized spacial score (nSPS) is 32.6. The standard InChI is InChI=1S/C22H30O3/c1-15-7-5-6-8-18-19(13-22(2,3)21(18)23)20(15)25-14-16-9-11-17(24-4)12-10-16/h6,8-12,18-21,23H,1,5,7,13-14H2,2-4H3/b8-6-/t18-,19-,20-,21-/m0/s1. The molecule has 0 aromatic heterocycles. The summed E-state index contributed by atoms with van der Waals surface area (Å²) < 4.78 is 11.6. The maximum absolute atomic E-state index is 10.8. The number of hydrogen-bond donors (Lipinski definition) is 1. The van der Waals surface area contributed by atoms with Crippen molar-refractivity contribution in [3.8, 4) is 5.75 Å². The Labute approximate surface area is 151 Å². The second kappa shape index (κ2) is 7.35. The molecule has 1 aromatic carbocycles. The van der Waals surface area contributed by atoms with Crippen molar-refractivity contribution in [2.75, 3.05) is 7.11 Å². The summed E-state index contributed by atoms with van der Waals surface area (Å²) in [5.41, 5.74) is 2.18. The topological polar surface area (TPSA) is 38.7 Å². The lowest BCUT2D eigenvalue weighted by molar-refractivity contribution is 0.00606. The van der Waals surface area contributed by atoms with Gasteiger partial charge in [-0.1, -0.05) is 44.7 Å². The third kappa shape index (κ3) is 3.83. The zero-order valence-corrected chi connectivity index (χ0v) is 15.6. The van der Waals surface area contributed by atoms with Gasteiger partial charge in [0.25, 0.3) is 0 Å². The number of allylic oxidation sites excluding steroid dienone is 1. The summed E-state index contributed by atoms with van der Waals surface area (Å²) in [7, 11) is 1.67. The molecule has 0 spiro atoms. The number of aliphatic hydroxyl groups excluding tert-OH is 1. The fourth-order valence-corrected chi connectivity index (χ4v) is 4.29. The van der Waals surface area contributed by atoms with E-state index in [4.69, 9.17) is 9.47 Å². The predicted molar refractivity (Wildman–Crippen MR) is 100 cm³/mol. The van der Waals surface area contributed by atoms with Crippen LogP contribution in [0.1, 0.15) is 38.7 Å². The number of hydrogen-bond acceptors (Lipinski definition) is 3. The SMILES string of the molecule is C=C1CC/C=C\[C@H]2[C@H](CC(C)(C)[C@H]2O)[C@H]1OCc1ccc(OC)cc1. The number of aliphatic hydroxyl groups is 1. The first kappa shape index (κ1) is 18.2. The van der Waals surface area contributed by atoms with Crippen LogP contribution in [0.4, 0.5) is 0 Å². The van der Waals surface area contributed by atoms with Gasteiger partial charge in [-0.15, -0.1) is 0 Å². The van der Waals surface area contributed by atoms with Crippen LogP contribution in [-0.4, -0.2) is 24.4 Å². The highest BCUT2D eigenvalue weighted by atomic mass is 16.5. The Kier molecular flexibility index (Phi) is 5.35. The Morgan fingerprint density at radius 2 is 1.96 bits per heavy atom. The monoisotopic (exact) mass is 342 g/mol. The number of rotatable bonds is 4. The quantitative estimate of drug-likeness (QED) is 0.818. The van der Waals surface area contributed by atoms with E-state index in [-0.39, 0.29) is 29.5 Å². The van der Waals surface area contributed by atoms with E-state index in [1.165, 1.54) is 0 Å². The molecule has 0 bridgehead atoms. The summed E-state index contributed by atoms with van der Waals surface area (Å²) in [6.45, 7) is 9.17. The molecular weight excluding hydrogens is 312 g/mol. The highest BCUT2D eigenvalue weighted by Gasteiger charge is 2.49. The minimum Gasteiger partial charge on any atom is -0.497 e. The average molecular weight is 342 g/mol. The van der Waals surface area contributed by atoms with E-state index in [2.05, 4.69) is 32.6 Å². The fourth-order valence-electron chi connectivity index (χ4n) is 4.29. The van der Waals surface area contributed by atoms with E-state index >= 15 is 0 Å². The molecule has 0 unspecified atom stereocenters. The van der Waals surface area contributed by atoms with Crippen molar-refractivity contribution < 1.29 is 14.6 Å². The first-order valence-electron chi connectivity index (χ1n) is 9.19. The van der Waals surface area contributed by atoms with Crippen LogP contribution in [0.5, 0.6) is 5.75 Å². The van der Waals surface area contributed by atoms with Gasteiger partial charge < -0.3 is 14.6 Å². The van der Waals surface area contributed by atoms with Crippen LogP contribution < -0.4 is 4.74 Å². The molecule has 3 heteroatoms. The van der Waals surface area contributed by atoms with Crippen molar-refractivity contribution in [2.24, 2.45) is 17.3 Å². The highest BCUT2D eigenvalue weighted by molar-refractivity contribution is 5.27. The van der Waals surface area contributed by atoms with Crippen molar-refractivity contribution in [3.63, 3.8) is 0 Å². The van der Waals surface area contributed by atoms with Crippen molar-refractivity contribution in [2.45, 2.75) is 51.9 Å². The maximum Gasteiger partial charge on any atom is 0.118 e. The molecule has 0 amide bonds. The average Bonchev–Trinajstić information content (AvgIpc) is 2.81. The number of methoxy groups -OCH3 is 1. The van der Waals surface area contributed by atoms with E-state index in [1.54, 1.807) is 7.11 Å². The molecule has 3 nitrogen and oxygen atoms in total. The van der Waals surface area contributed by atoms with Gasteiger partial charge in [-0.05, 0) is 53.9 Å². The maximum atomic E-state index is 10.8. The van der Waals surface area contributed by atoms with E-state index in [9.17, 15) is 5.11 Å². The van der Waals surface area contributed by atoms with Gasteiger partial charge in [0, 0.05) is 5.92 Å². The third-order valence-corrected chi connectivity index (χ3v) is 5.79. The molecule has 1 N–H and O–H groups in total. The Hall–Kier alpha value is -1.58. The lowest BCUT2D eigenvalue weighted by atomic mass is 9.83. The molecule has 0 radical (unpaired) electrons. The fraction of sp³-hybridized carbons (Fsp3) is 0.545. The van der Waals surface area contributed by atoms with Gasteiger partial charge in [-0.2, -0.15) is 0 Å². The molecule has 3 rings (SSSR count). The van der Waals surface area contributed by atoms with Crippen LogP contribution in [-0.2, 0) is 11.3 Å². The van der Waals surface area contributed by atoms with Gasteiger partial charge in [0.1, 0.15) is 5.75 Å². The molecular formula is C22H30O3. The van der Waals surface area contributed by atoms with Crippen LogP contribution in [0.3, 0.4) is 0 Å². The lowest BCUT2D eigenvalue weighted by Crippen LogP contribution is -2.32. The first-order chi connectivity index (χ1) is 11.9. The molecule has 0 heterocycles. The molecule has 1 fully saturated rings. The second-order valence-corrected chi connectivity index (χ2v) is 8.08. The summed E-state index contributed by atoms with van der Waals surface area (Å²) in [6, 6.07) is 7.99. The van der Waals surface area contributed by atoms with Crippen LogP contribution in [0.15, 0.2) is 48.6 Å². The van der Waals surface area contributed by atoms with Crippen LogP contribution >= 0.6 is 0 Å². The molecule has 1 aromatic rings. The zero-order chi connectivity index (χ0) is 18.0. The minimum atomic E-state index is -0.327. The Morgan fingerprint density at radius 1 is 1.24 bits per heavy atom. The van der Waals surface area contributed by atoms with Crippen molar-refractivity contribution in [1.82, 2.24) is 0 Å². The third-order valence-electron chi connectivity index (χ3n) is 5.79. The van der Waals surface area contributed by atoms with Crippen LogP contribution in [0.25, 0.3) is 0 Å². The van der Waals surface area contributed by atoms with Crippen LogP contribution in [0, 0.1) is 17.3 Å². The van der Waals surface area contributed by atoms with Crippen LogP contribution in [0.2, 0.25) is 0 Å². The predicted octanol–water partition coefficient (Wildman–Crippen LogP) is 4.51.